The molecule has 0 aliphatic rings. The van der Waals surface area contributed by atoms with Gasteiger partial charge in [0.2, 0.25) is 0 Å². The fraction of sp³-hybridized carbons (Fsp3) is 0. The number of carboxylic acid groups (broad SMARTS) is 2. The Morgan fingerprint density at radius 3 is 1.32 bits per heavy atom. The third kappa shape index (κ3) is 3.56. The smallest absolute Gasteiger partial charge is 0.335 e. The molecule has 152 valence electrons. The van der Waals surface area contributed by atoms with Gasteiger partial charge >= 0.3 is 11.9 Å². The molecule has 0 atom stereocenters. The lowest BCUT2D eigenvalue weighted by Crippen LogP contribution is -2.75. The molecule has 0 heterocycles. The minimum absolute atomic E-state index is 0.0691. The van der Waals surface area contributed by atoms with Gasteiger partial charge in [0.1, 0.15) is 0 Å². The van der Waals surface area contributed by atoms with Crippen molar-refractivity contribution in [1.82, 2.24) is 0 Å². The summed E-state index contributed by atoms with van der Waals surface area (Å²) in [7, 11) is -3.13. The van der Waals surface area contributed by atoms with Crippen LogP contribution >= 0.6 is 0 Å². The number of carbonyl (C=O) groups is 2. The van der Waals surface area contributed by atoms with E-state index in [2.05, 4.69) is 0 Å². The molecule has 0 aliphatic heterocycles. The summed E-state index contributed by atoms with van der Waals surface area (Å²) in [6.07, 6.45) is 0. The molecule has 0 aromatic heterocycles. The van der Waals surface area contributed by atoms with Crippen molar-refractivity contribution >= 4 is 40.8 Å². The topological polar surface area (TPSA) is 74.6 Å². The van der Waals surface area contributed by atoms with Crippen LogP contribution < -0.4 is 20.7 Å². The van der Waals surface area contributed by atoms with Crippen LogP contribution in [0.3, 0.4) is 0 Å². The van der Waals surface area contributed by atoms with Crippen LogP contribution in [0.1, 0.15) is 20.7 Å². The quantitative estimate of drug-likeness (QED) is 0.368. The van der Waals surface area contributed by atoms with Crippen LogP contribution in [0, 0.1) is 0 Å². The highest BCUT2D eigenvalue weighted by atomic mass is 28.3. The van der Waals surface area contributed by atoms with Gasteiger partial charge in [0, 0.05) is 0 Å². The number of benzene rings is 4. The zero-order valence-corrected chi connectivity index (χ0v) is 17.6. The molecule has 4 aromatic carbocycles. The van der Waals surface area contributed by atoms with Crippen molar-refractivity contribution in [3.8, 4) is 0 Å². The molecule has 0 spiro atoms. The Labute approximate surface area is 181 Å². The summed E-state index contributed by atoms with van der Waals surface area (Å²) >= 11 is 0. The Balaban J connectivity index is 2.23. The second-order valence-electron chi connectivity index (χ2n) is 7.22. The van der Waals surface area contributed by atoms with E-state index in [0.29, 0.717) is 5.19 Å². The van der Waals surface area contributed by atoms with Crippen LogP contribution in [-0.4, -0.2) is 30.2 Å². The molecule has 5 heteroatoms. The molecule has 0 radical (unpaired) electrons. The molecular weight excluding hydrogens is 404 g/mol. The van der Waals surface area contributed by atoms with Gasteiger partial charge in [0.05, 0.1) is 11.1 Å². The second-order valence-corrected chi connectivity index (χ2v) is 11.0. The van der Waals surface area contributed by atoms with Crippen LogP contribution in [0.25, 0.3) is 0 Å². The fourth-order valence-electron chi connectivity index (χ4n) is 4.20. The van der Waals surface area contributed by atoms with E-state index in [-0.39, 0.29) is 11.1 Å². The molecule has 0 fully saturated rings. The predicted octanol–water partition coefficient (Wildman–Crippen LogP) is 2.46. The molecule has 0 saturated carbocycles. The fourth-order valence-corrected chi connectivity index (χ4v) is 9.18. The van der Waals surface area contributed by atoms with Crippen molar-refractivity contribution in [3.05, 3.63) is 120 Å². The molecule has 31 heavy (non-hydrogen) atoms. The first-order valence-corrected chi connectivity index (χ1v) is 11.8. The van der Waals surface area contributed by atoms with Gasteiger partial charge in [-0.25, -0.2) is 9.59 Å². The van der Waals surface area contributed by atoms with Crippen LogP contribution in [0.5, 0.6) is 0 Å². The highest BCUT2D eigenvalue weighted by molar-refractivity contribution is 7.20. The minimum atomic E-state index is -3.13. The lowest BCUT2D eigenvalue weighted by Gasteiger charge is -2.35. The van der Waals surface area contributed by atoms with E-state index < -0.39 is 20.0 Å². The number of aromatic carboxylic acids is 2. The molecule has 0 saturated heterocycles. The molecule has 0 aliphatic carbocycles. The number of carboxylic acids is 2. The summed E-state index contributed by atoms with van der Waals surface area (Å²) in [5, 5.41) is 23.3. The van der Waals surface area contributed by atoms with E-state index >= 15 is 0 Å². The molecule has 0 amide bonds. The van der Waals surface area contributed by atoms with Crippen molar-refractivity contribution in [2.24, 2.45) is 0 Å². The Hall–Kier alpha value is -3.96. The Kier molecular flexibility index (Phi) is 5.52. The highest BCUT2D eigenvalue weighted by Gasteiger charge is 2.44. The van der Waals surface area contributed by atoms with Crippen LogP contribution in [0.2, 0.25) is 0 Å². The van der Waals surface area contributed by atoms with Crippen LogP contribution in [0.4, 0.5) is 0 Å². The highest BCUT2D eigenvalue weighted by Crippen LogP contribution is 2.14. The summed E-state index contributed by atoms with van der Waals surface area (Å²) in [4.78, 5) is 24.2. The summed E-state index contributed by atoms with van der Waals surface area (Å²) < 4.78 is 0. The van der Waals surface area contributed by atoms with E-state index in [1.807, 2.05) is 91.0 Å². The summed E-state index contributed by atoms with van der Waals surface area (Å²) in [5.74, 6) is -2.16. The lowest BCUT2D eigenvalue weighted by atomic mass is 10.1. The van der Waals surface area contributed by atoms with E-state index in [1.54, 1.807) is 6.07 Å². The summed E-state index contributed by atoms with van der Waals surface area (Å²) in [6, 6.07) is 33.7. The molecule has 4 nitrogen and oxygen atoms in total. The Bertz CT molecular complexity index is 1130. The third-order valence-corrected chi connectivity index (χ3v) is 10.3. The maximum absolute atomic E-state index is 12.3. The van der Waals surface area contributed by atoms with Crippen molar-refractivity contribution in [1.29, 1.82) is 0 Å². The summed E-state index contributed by atoms with van der Waals surface area (Å²) in [6.45, 7) is 0. The molecule has 0 unspecified atom stereocenters. The first-order valence-electron chi connectivity index (χ1n) is 9.83. The van der Waals surface area contributed by atoms with Gasteiger partial charge in [0.25, 0.3) is 0 Å². The largest absolute Gasteiger partial charge is 0.478 e. The van der Waals surface area contributed by atoms with Crippen molar-refractivity contribution in [2.45, 2.75) is 0 Å². The van der Waals surface area contributed by atoms with Crippen molar-refractivity contribution in [3.63, 3.8) is 0 Å². The van der Waals surface area contributed by atoms with Gasteiger partial charge in [-0.15, -0.1) is 0 Å². The average Bonchev–Trinajstić information content (AvgIpc) is 2.81. The maximum atomic E-state index is 12.3. The Morgan fingerprint density at radius 1 is 0.548 bits per heavy atom. The first kappa shape index (κ1) is 20.3. The lowest BCUT2D eigenvalue weighted by molar-refractivity contribution is 0.0682. The van der Waals surface area contributed by atoms with E-state index in [9.17, 15) is 19.8 Å². The standard InChI is InChI=1S/C26H20O4Si/c27-25(28)19-16-17-23(26(29)30)24(18-19)31(20-10-4-1-5-11-20,21-12-6-2-7-13-21)22-14-8-3-9-15-22/h1-18H,(H,27,28)(H,29,30). The normalized spacial score (nSPS) is 11.1. The van der Waals surface area contributed by atoms with Crippen LogP contribution in [0.15, 0.2) is 109 Å². The monoisotopic (exact) mass is 424 g/mol. The van der Waals surface area contributed by atoms with Gasteiger partial charge in [-0.1, -0.05) is 91.0 Å². The van der Waals surface area contributed by atoms with Gasteiger partial charge in [-0.2, -0.15) is 0 Å². The van der Waals surface area contributed by atoms with E-state index in [0.717, 1.165) is 15.6 Å². The zero-order chi connectivity index (χ0) is 21.8. The second kappa shape index (κ2) is 8.42. The minimum Gasteiger partial charge on any atom is -0.478 e. The molecule has 4 aromatic rings. The van der Waals surface area contributed by atoms with Gasteiger partial charge in [0.15, 0.2) is 8.07 Å². The number of hydrogen-bond donors (Lipinski definition) is 2. The number of rotatable bonds is 6. The first-order chi connectivity index (χ1) is 15.0. The van der Waals surface area contributed by atoms with Gasteiger partial charge in [-0.05, 0) is 38.9 Å². The third-order valence-electron chi connectivity index (χ3n) is 5.52. The van der Waals surface area contributed by atoms with E-state index in [1.165, 1.54) is 12.1 Å². The van der Waals surface area contributed by atoms with Crippen LogP contribution in [-0.2, 0) is 0 Å². The van der Waals surface area contributed by atoms with Gasteiger partial charge in [-0.3, -0.25) is 0 Å². The maximum Gasteiger partial charge on any atom is 0.335 e. The zero-order valence-electron chi connectivity index (χ0n) is 16.6. The van der Waals surface area contributed by atoms with E-state index in [4.69, 9.17) is 0 Å². The van der Waals surface area contributed by atoms with Gasteiger partial charge < -0.3 is 10.2 Å². The SMILES string of the molecule is O=C(O)c1ccc(C(=O)O)c([Si](c2ccccc2)(c2ccccc2)c2ccccc2)c1. The predicted molar refractivity (Wildman–Crippen MR) is 124 cm³/mol. The van der Waals surface area contributed by atoms with Crippen molar-refractivity contribution in [2.75, 3.05) is 0 Å². The molecule has 4 rings (SSSR count). The molecule has 0 bridgehead atoms. The van der Waals surface area contributed by atoms with Crippen molar-refractivity contribution < 1.29 is 19.8 Å². The average molecular weight is 425 g/mol. The Morgan fingerprint density at radius 2 is 0.968 bits per heavy atom. The summed E-state index contributed by atoms with van der Waals surface area (Å²) in [5.41, 5.74) is 0.188. The molecular formula is C26H20O4Si. The number of hydrogen-bond acceptors (Lipinski definition) is 2. The molecule has 2 N–H and O–H groups in total.